The van der Waals surface area contributed by atoms with E-state index in [4.69, 9.17) is 11.6 Å². The van der Waals surface area contributed by atoms with E-state index < -0.39 is 5.97 Å². The second-order valence-corrected chi connectivity index (χ2v) is 2.62. The van der Waals surface area contributed by atoms with Crippen molar-refractivity contribution in [2.24, 2.45) is 0 Å². The second-order valence-electron chi connectivity index (χ2n) is 2.26. The summed E-state index contributed by atoms with van der Waals surface area (Å²) in [5, 5.41) is 0.248. The number of aromatic nitrogens is 1. The summed E-state index contributed by atoms with van der Waals surface area (Å²) >= 11 is 5.74. The van der Waals surface area contributed by atoms with Gasteiger partial charge >= 0.3 is 5.97 Å². The average molecular weight is 198 g/mol. The van der Waals surface area contributed by atoms with Crippen LogP contribution in [0.15, 0.2) is 18.8 Å². The first-order valence-corrected chi connectivity index (χ1v) is 3.93. The Morgan fingerprint density at radius 3 is 3.00 bits per heavy atom. The molecular weight excluding hydrogens is 190 g/mol. The van der Waals surface area contributed by atoms with Gasteiger partial charge in [0.05, 0.1) is 12.7 Å². The lowest BCUT2D eigenvalue weighted by molar-refractivity contribution is 0.0600. The van der Waals surface area contributed by atoms with Gasteiger partial charge < -0.3 is 4.74 Å². The van der Waals surface area contributed by atoms with Crippen molar-refractivity contribution >= 4 is 23.6 Å². The van der Waals surface area contributed by atoms with Crippen LogP contribution in [0.4, 0.5) is 0 Å². The predicted molar refractivity (Wildman–Crippen MR) is 50.7 cm³/mol. The standard InChI is InChI=1S/C9H8ClNO2/c1-3-6-7(9(12)13-2)4-5-11-8(6)10/h3-5H,1H2,2H3. The zero-order chi connectivity index (χ0) is 9.84. The summed E-state index contributed by atoms with van der Waals surface area (Å²) in [6.07, 6.45) is 2.92. The molecule has 3 nitrogen and oxygen atoms in total. The number of methoxy groups -OCH3 is 1. The molecule has 0 spiro atoms. The van der Waals surface area contributed by atoms with Crippen molar-refractivity contribution in [3.63, 3.8) is 0 Å². The van der Waals surface area contributed by atoms with Crippen LogP contribution in [0, 0.1) is 0 Å². The minimum atomic E-state index is -0.445. The van der Waals surface area contributed by atoms with Gasteiger partial charge in [-0.1, -0.05) is 24.3 Å². The number of carbonyl (C=O) groups is 1. The molecule has 0 bridgehead atoms. The maximum absolute atomic E-state index is 11.2. The normalized spacial score (nSPS) is 9.38. The Hall–Kier alpha value is -1.35. The Morgan fingerprint density at radius 2 is 2.46 bits per heavy atom. The fourth-order valence-corrected chi connectivity index (χ4v) is 1.17. The lowest BCUT2D eigenvalue weighted by Crippen LogP contribution is -2.04. The van der Waals surface area contributed by atoms with Gasteiger partial charge in [-0.15, -0.1) is 0 Å². The molecule has 0 amide bonds. The fourth-order valence-electron chi connectivity index (χ4n) is 0.930. The highest BCUT2D eigenvalue weighted by Crippen LogP contribution is 2.18. The molecular formula is C9H8ClNO2. The SMILES string of the molecule is C=Cc1c(C(=O)OC)ccnc1Cl. The molecule has 0 aromatic carbocycles. The number of rotatable bonds is 2. The van der Waals surface area contributed by atoms with Crippen LogP contribution < -0.4 is 0 Å². The third-order valence-corrected chi connectivity index (χ3v) is 1.85. The summed E-state index contributed by atoms with van der Waals surface area (Å²) in [7, 11) is 1.31. The van der Waals surface area contributed by atoms with E-state index in [1.165, 1.54) is 25.4 Å². The van der Waals surface area contributed by atoms with Crippen molar-refractivity contribution in [1.29, 1.82) is 0 Å². The van der Waals surface area contributed by atoms with E-state index in [0.717, 1.165) is 0 Å². The first-order valence-electron chi connectivity index (χ1n) is 3.56. The number of pyridine rings is 1. The van der Waals surface area contributed by atoms with Gasteiger partial charge in [0.2, 0.25) is 0 Å². The number of ether oxygens (including phenoxy) is 1. The van der Waals surface area contributed by atoms with Gasteiger partial charge in [-0.05, 0) is 6.07 Å². The first kappa shape index (κ1) is 9.74. The predicted octanol–water partition coefficient (Wildman–Crippen LogP) is 2.16. The molecule has 0 aliphatic rings. The average Bonchev–Trinajstić information content (AvgIpc) is 2.16. The number of hydrogen-bond acceptors (Lipinski definition) is 3. The van der Waals surface area contributed by atoms with Gasteiger partial charge in [0.25, 0.3) is 0 Å². The first-order chi connectivity index (χ1) is 6.20. The Kier molecular flexibility index (Phi) is 3.03. The summed E-state index contributed by atoms with van der Waals surface area (Å²) in [4.78, 5) is 15.0. The van der Waals surface area contributed by atoms with Gasteiger partial charge in [-0.2, -0.15) is 0 Å². The molecule has 1 aromatic rings. The summed E-state index contributed by atoms with van der Waals surface area (Å²) in [5.74, 6) is -0.445. The highest BCUT2D eigenvalue weighted by atomic mass is 35.5. The number of hydrogen-bond donors (Lipinski definition) is 0. The summed E-state index contributed by atoms with van der Waals surface area (Å²) in [6.45, 7) is 3.54. The largest absolute Gasteiger partial charge is 0.465 e. The molecule has 0 N–H and O–H groups in total. The smallest absolute Gasteiger partial charge is 0.338 e. The van der Waals surface area contributed by atoms with Crippen molar-refractivity contribution in [3.8, 4) is 0 Å². The number of esters is 1. The molecule has 0 aliphatic heterocycles. The topological polar surface area (TPSA) is 39.2 Å². The van der Waals surface area contributed by atoms with Crippen molar-refractivity contribution in [2.75, 3.05) is 7.11 Å². The molecule has 0 atom stereocenters. The van der Waals surface area contributed by atoms with Crippen molar-refractivity contribution in [2.45, 2.75) is 0 Å². The molecule has 0 saturated carbocycles. The molecule has 13 heavy (non-hydrogen) atoms. The van der Waals surface area contributed by atoms with Crippen molar-refractivity contribution < 1.29 is 9.53 Å². The monoisotopic (exact) mass is 197 g/mol. The molecule has 1 heterocycles. The van der Waals surface area contributed by atoms with Crippen LogP contribution in [0.2, 0.25) is 5.15 Å². The van der Waals surface area contributed by atoms with Crippen LogP contribution in [-0.4, -0.2) is 18.1 Å². The molecule has 0 aliphatic carbocycles. The van der Waals surface area contributed by atoms with Crippen LogP contribution in [-0.2, 0) is 4.74 Å². The van der Waals surface area contributed by atoms with Crippen LogP contribution in [0.1, 0.15) is 15.9 Å². The number of halogens is 1. The maximum atomic E-state index is 11.2. The maximum Gasteiger partial charge on any atom is 0.338 e. The van der Waals surface area contributed by atoms with E-state index in [1.807, 2.05) is 0 Å². The third-order valence-electron chi connectivity index (χ3n) is 1.55. The summed E-state index contributed by atoms with van der Waals surface area (Å²) < 4.78 is 4.56. The number of carbonyl (C=O) groups excluding carboxylic acids is 1. The summed E-state index contributed by atoms with van der Waals surface area (Å²) in [6, 6.07) is 1.54. The van der Waals surface area contributed by atoms with Gasteiger partial charge in [0.1, 0.15) is 5.15 Å². The van der Waals surface area contributed by atoms with Gasteiger partial charge in [-0.3, -0.25) is 0 Å². The van der Waals surface area contributed by atoms with Gasteiger partial charge in [-0.25, -0.2) is 9.78 Å². The molecule has 0 saturated heterocycles. The lowest BCUT2D eigenvalue weighted by Gasteiger charge is -2.03. The highest BCUT2D eigenvalue weighted by Gasteiger charge is 2.12. The van der Waals surface area contributed by atoms with Crippen LogP contribution >= 0.6 is 11.6 Å². The lowest BCUT2D eigenvalue weighted by atomic mass is 10.1. The molecule has 0 radical (unpaired) electrons. The summed E-state index contributed by atoms with van der Waals surface area (Å²) in [5.41, 5.74) is 0.869. The Labute approximate surface area is 81.0 Å². The number of nitrogens with zero attached hydrogens (tertiary/aromatic N) is 1. The van der Waals surface area contributed by atoms with Crippen LogP contribution in [0.25, 0.3) is 6.08 Å². The molecule has 1 aromatic heterocycles. The highest BCUT2D eigenvalue weighted by molar-refractivity contribution is 6.31. The van der Waals surface area contributed by atoms with E-state index in [9.17, 15) is 4.79 Å². The third kappa shape index (κ3) is 1.87. The zero-order valence-corrected chi connectivity index (χ0v) is 7.84. The van der Waals surface area contributed by atoms with Crippen LogP contribution in [0.5, 0.6) is 0 Å². The molecule has 68 valence electrons. The quantitative estimate of drug-likeness (QED) is 0.539. The van der Waals surface area contributed by atoms with Crippen molar-refractivity contribution in [3.05, 3.63) is 35.1 Å². The van der Waals surface area contributed by atoms with E-state index in [-0.39, 0.29) is 5.15 Å². The molecule has 0 unspecified atom stereocenters. The van der Waals surface area contributed by atoms with Gasteiger partial charge in [0.15, 0.2) is 0 Å². The molecule has 0 fully saturated rings. The fraction of sp³-hybridized carbons (Fsp3) is 0.111. The molecule has 4 heteroatoms. The van der Waals surface area contributed by atoms with Gasteiger partial charge in [0, 0.05) is 11.8 Å². The zero-order valence-electron chi connectivity index (χ0n) is 7.08. The second kappa shape index (κ2) is 4.05. The van der Waals surface area contributed by atoms with E-state index in [2.05, 4.69) is 16.3 Å². The minimum absolute atomic E-state index is 0.248. The van der Waals surface area contributed by atoms with E-state index >= 15 is 0 Å². The van der Waals surface area contributed by atoms with E-state index in [1.54, 1.807) is 0 Å². The Bertz CT molecular complexity index is 349. The van der Waals surface area contributed by atoms with Crippen molar-refractivity contribution in [1.82, 2.24) is 4.98 Å². The van der Waals surface area contributed by atoms with Crippen LogP contribution in [0.3, 0.4) is 0 Å². The van der Waals surface area contributed by atoms with E-state index in [0.29, 0.717) is 11.1 Å². The Balaban J connectivity index is 3.28. The molecule has 1 rings (SSSR count). The Morgan fingerprint density at radius 1 is 1.77 bits per heavy atom. The minimum Gasteiger partial charge on any atom is -0.465 e.